The Balaban J connectivity index is 2.27. The third-order valence-electron chi connectivity index (χ3n) is 2.76. The van der Waals surface area contributed by atoms with Gasteiger partial charge in [-0.25, -0.2) is 18.2 Å². The van der Waals surface area contributed by atoms with Crippen LogP contribution in [0.2, 0.25) is 0 Å². The number of aryl methyl sites for hydroxylation is 1. The Hall–Kier alpha value is -1.26. The van der Waals surface area contributed by atoms with Gasteiger partial charge >= 0.3 is 0 Å². The molecule has 1 aromatic rings. The second kappa shape index (κ2) is 3.96. The van der Waals surface area contributed by atoms with E-state index in [1.165, 1.54) is 17.2 Å². The third kappa shape index (κ3) is 2.13. The van der Waals surface area contributed by atoms with Gasteiger partial charge in [-0.15, -0.1) is 0 Å². The SMILES string of the molecule is Cc1ccnc(N2CCCC(F)(F)C2)c1F. The summed E-state index contributed by atoms with van der Waals surface area (Å²) in [5, 5.41) is 0. The molecule has 0 N–H and O–H groups in total. The van der Waals surface area contributed by atoms with Gasteiger partial charge in [0.15, 0.2) is 11.6 Å². The molecule has 0 unspecified atom stereocenters. The molecule has 0 saturated carbocycles. The van der Waals surface area contributed by atoms with Crippen molar-refractivity contribution >= 4 is 5.82 Å². The van der Waals surface area contributed by atoms with Crippen LogP contribution < -0.4 is 4.90 Å². The predicted octanol–water partition coefficient (Wildman–Crippen LogP) is 2.76. The van der Waals surface area contributed by atoms with Crippen molar-refractivity contribution in [2.45, 2.75) is 25.7 Å². The summed E-state index contributed by atoms with van der Waals surface area (Å²) in [6.45, 7) is 1.59. The van der Waals surface area contributed by atoms with Gasteiger partial charge in [-0.1, -0.05) is 0 Å². The Morgan fingerprint density at radius 1 is 1.44 bits per heavy atom. The lowest BCUT2D eigenvalue weighted by atomic mass is 10.1. The molecular formula is C11H13F3N2. The number of anilines is 1. The van der Waals surface area contributed by atoms with E-state index in [1.807, 2.05) is 0 Å². The van der Waals surface area contributed by atoms with Gasteiger partial charge in [-0.05, 0) is 25.0 Å². The van der Waals surface area contributed by atoms with Gasteiger partial charge in [0.1, 0.15) is 0 Å². The smallest absolute Gasteiger partial charge is 0.265 e. The minimum absolute atomic E-state index is 0.0411. The van der Waals surface area contributed by atoms with Crippen molar-refractivity contribution in [2.75, 3.05) is 18.0 Å². The standard InChI is InChI=1S/C11H13F3N2/c1-8-3-5-15-10(9(8)12)16-6-2-4-11(13,14)7-16/h3,5H,2,4,6-7H2,1H3. The van der Waals surface area contributed by atoms with Crippen molar-refractivity contribution in [3.63, 3.8) is 0 Å². The molecule has 0 amide bonds. The van der Waals surface area contributed by atoms with Crippen LogP contribution in [0.1, 0.15) is 18.4 Å². The average molecular weight is 230 g/mol. The summed E-state index contributed by atoms with van der Waals surface area (Å²) in [6.07, 6.45) is 1.68. The zero-order valence-corrected chi connectivity index (χ0v) is 9.01. The highest BCUT2D eigenvalue weighted by molar-refractivity contribution is 5.43. The quantitative estimate of drug-likeness (QED) is 0.737. The van der Waals surface area contributed by atoms with E-state index in [2.05, 4.69) is 4.98 Å². The number of hydrogen-bond acceptors (Lipinski definition) is 2. The number of aromatic nitrogens is 1. The van der Waals surface area contributed by atoms with E-state index in [1.54, 1.807) is 6.92 Å². The van der Waals surface area contributed by atoms with Gasteiger partial charge in [0.05, 0.1) is 6.54 Å². The summed E-state index contributed by atoms with van der Waals surface area (Å²) in [5.41, 5.74) is 0.430. The van der Waals surface area contributed by atoms with Crippen LogP contribution in [-0.4, -0.2) is 24.0 Å². The lowest BCUT2D eigenvalue weighted by Crippen LogP contribution is -2.43. The van der Waals surface area contributed by atoms with Crippen molar-refractivity contribution in [3.05, 3.63) is 23.6 Å². The number of halogens is 3. The van der Waals surface area contributed by atoms with E-state index in [4.69, 9.17) is 0 Å². The molecule has 0 atom stereocenters. The lowest BCUT2D eigenvalue weighted by Gasteiger charge is -2.33. The van der Waals surface area contributed by atoms with Crippen molar-refractivity contribution in [3.8, 4) is 0 Å². The monoisotopic (exact) mass is 230 g/mol. The number of rotatable bonds is 1. The molecular weight excluding hydrogens is 217 g/mol. The van der Waals surface area contributed by atoms with Gasteiger partial charge in [-0.3, -0.25) is 0 Å². The van der Waals surface area contributed by atoms with Gasteiger partial charge in [0.25, 0.3) is 5.92 Å². The summed E-state index contributed by atoms with van der Waals surface area (Å²) in [7, 11) is 0. The largest absolute Gasteiger partial charge is 0.348 e. The molecule has 1 aliphatic heterocycles. The van der Waals surface area contributed by atoms with Crippen molar-refractivity contribution in [1.29, 1.82) is 0 Å². The first kappa shape index (κ1) is 11.2. The molecule has 0 radical (unpaired) electrons. The molecule has 5 heteroatoms. The first-order chi connectivity index (χ1) is 7.49. The van der Waals surface area contributed by atoms with E-state index >= 15 is 0 Å². The highest BCUT2D eigenvalue weighted by atomic mass is 19.3. The van der Waals surface area contributed by atoms with Gasteiger partial charge < -0.3 is 4.90 Å². The van der Waals surface area contributed by atoms with Crippen LogP contribution in [0, 0.1) is 12.7 Å². The molecule has 1 aromatic heterocycles. The molecule has 0 aliphatic carbocycles. The number of nitrogens with zero attached hydrogens (tertiary/aromatic N) is 2. The molecule has 1 aliphatic rings. The zero-order valence-electron chi connectivity index (χ0n) is 9.01. The molecule has 16 heavy (non-hydrogen) atoms. The van der Waals surface area contributed by atoms with Crippen LogP contribution in [-0.2, 0) is 0 Å². The maximum atomic E-state index is 13.7. The fourth-order valence-electron chi connectivity index (χ4n) is 1.89. The van der Waals surface area contributed by atoms with Crippen LogP contribution in [0.5, 0.6) is 0 Å². The summed E-state index contributed by atoms with van der Waals surface area (Å²) in [4.78, 5) is 5.17. The molecule has 2 heterocycles. The fraction of sp³-hybridized carbons (Fsp3) is 0.545. The van der Waals surface area contributed by atoms with Crippen molar-refractivity contribution < 1.29 is 13.2 Å². The Kier molecular flexibility index (Phi) is 2.78. The summed E-state index contributed by atoms with van der Waals surface area (Å²) >= 11 is 0. The average Bonchev–Trinajstić information content (AvgIpc) is 2.20. The zero-order chi connectivity index (χ0) is 11.8. The molecule has 0 aromatic carbocycles. The molecule has 88 valence electrons. The molecule has 2 rings (SSSR count). The first-order valence-electron chi connectivity index (χ1n) is 5.23. The maximum Gasteiger partial charge on any atom is 0.265 e. The molecule has 1 saturated heterocycles. The summed E-state index contributed by atoms with van der Waals surface area (Å²) in [5.74, 6) is -3.20. The molecule has 2 nitrogen and oxygen atoms in total. The number of alkyl halides is 2. The van der Waals surface area contributed by atoms with Crippen LogP contribution >= 0.6 is 0 Å². The normalized spacial score (nSPS) is 19.9. The Morgan fingerprint density at radius 3 is 2.88 bits per heavy atom. The number of hydrogen-bond donors (Lipinski definition) is 0. The van der Waals surface area contributed by atoms with E-state index in [-0.39, 0.29) is 12.2 Å². The Morgan fingerprint density at radius 2 is 2.19 bits per heavy atom. The van der Waals surface area contributed by atoms with Crippen molar-refractivity contribution in [2.24, 2.45) is 0 Å². The summed E-state index contributed by atoms with van der Waals surface area (Å²) in [6, 6.07) is 1.53. The first-order valence-corrected chi connectivity index (χ1v) is 5.23. The molecule has 0 spiro atoms. The Bertz CT molecular complexity index is 393. The van der Waals surface area contributed by atoms with E-state index < -0.39 is 18.3 Å². The maximum absolute atomic E-state index is 13.7. The second-order valence-electron chi connectivity index (χ2n) is 4.15. The van der Waals surface area contributed by atoms with Crippen LogP contribution in [0.4, 0.5) is 19.0 Å². The minimum Gasteiger partial charge on any atom is -0.348 e. The van der Waals surface area contributed by atoms with Gasteiger partial charge in [0.2, 0.25) is 0 Å². The number of pyridine rings is 1. The molecule has 0 bridgehead atoms. The molecule has 1 fully saturated rings. The lowest BCUT2D eigenvalue weighted by molar-refractivity contribution is -0.0120. The van der Waals surface area contributed by atoms with Crippen LogP contribution in [0.25, 0.3) is 0 Å². The van der Waals surface area contributed by atoms with Gasteiger partial charge in [0, 0.05) is 19.2 Å². The van der Waals surface area contributed by atoms with E-state index in [0.29, 0.717) is 18.5 Å². The fourth-order valence-corrected chi connectivity index (χ4v) is 1.89. The topological polar surface area (TPSA) is 16.1 Å². The van der Waals surface area contributed by atoms with E-state index in [0.717, 1.165) is 0 Å². The highest BCUT2D eigenvalue weighted by Gasteiger charge is 2.36. The summed E-state index contributed by atoms with van der Waals surface area (Å²) < 4.78 is 40.1. The van der Waals surface area contributed by atoms with Crippen LogP contribution in [0.3, 0.4) is 0 Å². The second-order valence-corrected chi connectivity index (χ2v) is 4.15. The van der Waals surface area contributed by atoms with Gasteiger partial charge in [-0.2, -0.15) is 0 Å². The number of piperidine rings is 1. The predicted molar refractivity (Wildman–Crippen MR) is 55.3 cm³/mol. The van der Waals surface area contributed by atoms with Crippen LogP contribution in [0.15, 0.2) is 12.3 Å². The highest BCUT2D eigenvalue weighted by Crippen LogP contribution is 2.30. The third-order valence-corrected chi connectivity index (χ3v) is 2.76. The minimum atomic E-state index is -2.74. The van der Waals surface area contributed by atoms with E-state index in [9.17, 15) is 13.2 Å². The van der Waals surface area contributed by atoms with Crippen molar-refractivity contribution in [1.82, 2.24) is 4.98 Å². The Labute approximate surface area is 92.1 Å².